The molecule has 2 rings (SSSR count). The van der Waals surface area contributed by atoms with Crippen LogP contribution < -0.4 is 10.2 Å². The third-order valence-electron chi connectivity index (χ3n) is 2.79. The maximum atomic E-state index is 9.68. The number of hydrogen-bond acceptors (Lipinski definition) is 5. The van der Waals surface area contributed by atoms with Crippen LogP contribution in [0.3, 0.4) is 0 Å². The van der Waals surface area contributed by atoms with Crippen LogP contribution in [0.1, 0.15) is 5.56 Å². The first-order valence-corrected chi connectivity index (χ1v) is 5.95. The van der Waals surface area contributed by atoms with E-state index in [9.17, 15) is 10.2 Å². The lowest BCUT2D eigenvalue weighted by atomic mass is 10.2. The Hall–Kier alpha value is -2.43. The maximum absolute atomic E-state index is 9.68. The highest BCUT2D eigenvalue weighted by atomic mass is 16.3. The van der Waals surface area contributed by atoms with Crippen molar-refractivity contribution in [3.8, 4) is 11.5 Å². The number of para-hydroxylation sites is 1. The average molecular weight is 259 g/mol. The molecule has 1 aromatic heterocycles. The number of phenolic OH excluding ortho intramolecular Hbond substituents is 2. The quantitative estimate of drug-likeness (QED) is 0.734. The van der Waals surface area contributed by atoms with Crippen molar-refractivity contribution in [2.24, 2.45) is 0 Å². The predicted molar refractivity (Wildman–Crippen MR) is 75.7 cm³/mol. The third-order valence-corrected chi connectivity index (χ3v) is 2.79. The van der Waals surface area contributed by atoms with E-state index < -0.39 is 0 Å². The first kappa shape index (κ1) is 13.0. The molecule has 0 spiro atoms. The molecule has 5 heteroatoms. The first-order valence-electron chi connectivity index (χ1n) is 5.95. The van der Waals surface area contributed by atoms with E-state index >= 15 is 0 Å². The molecule has 0 saturated carbocycles. The van der Waals surface area contributed by atoms with Crippen LogP contribution in [0.15, 0.2) is 36.5 Å². The minimum atomic E-state index is -0.111. The van der Waals surface area contributed by atoms with Crippen molar-refractivity contribution in [2.75, 3.05) is 24.3 Å². The minimum absolute atomic E-state index is 0.0899. The summed E-state index contributed by atoms with van der Waals surface area (Å²) in [7, 11) is 3.86. The molecule has 0 radical (unpaired) electrons. The summed E-state index contributed by atoms with van der Waals surface area (Å²) in [5, 5.41) is 22.2. The molecule has 100 valence electrons. The van der Waals surface area contributed by atoms with Crippen molar-refractivity contribution >= 4 is 11.5 Å². The van der Waals surface area contributed by atoms with E-state index in [1.807, 2.05) is 31.1 Å². The summed E-state index contributed by atoms with van der Waals surface area (Å²) in [6.07, 6.45) is 1.73. The Balaban J connectivity index is 2.04. The Morgan fingerprint density at radius 1 is 1.16 bits per heavy atom. The molecule has 2 aromatic rings. The molecule has 1 heterocycles. The lowest BCUT2D eigenvalue weighted by molar-refractivity contribution is 0.400. The van der Waals surface area contributed by atoms with Crippen molar-refractivity contribution in [3.63, 3.8) is 0 Å². The largest absolute Gasteiger partial charge is 0.504 e. The normalized spacial score (nSPS) is 10.2. The van der Waals surface area contributed by atoms with Crippen molar-refractivity contribution in [3.05, 3.63) is 42.1 Å². The van der Waals surface area contributed by atoms with Gasteiger partial charge in [-0.05, 0) is 18.2 Å². The van der Waals surface area contributed by atoms with Gasteiger partial charge in [0, 0.05) is 26.2 Å². The number of rotatable bonds is 4. The van der Waals surface area contributed by atoms with Gasteiger partial charge in [-0.1, -0.05) is 12.1 Å². The highest BCUT2D eigenvalue weighted by Crippen LogP contribution is 2.28. The number of pyridine rings is 1. The summed E-state index contributed by atoms with van der Waals surface area (Å²) >= 11 is 0. The third kappa shape index (κ3) is 3.07. The summed E-state index contributed by atoms with van der Waals surface area (Å²) < 4.78 is 0. The molecule has 1 aromatic carbocycles. The summed E-state index contributed by atoms with van der Waals surface area (Å²) in [5.74, 6) is 0.680. The Morgan fingerprint density at radius 3 is 2.58 bits per heavy atom. The van der Waals surface area contributed by atoms with Gasteiger partial charge in [-0.25, -0.2) is 4.98 Å². The van der Waals surface area contributed by atoms with Gasteiger partial charge in [-0.2, -0.15) is 0 Å². The number of anilines is 2. The highest BCUT2D eigenvalue weighted by molar-refractivity contribution is 5.50. The van der Waals surface area contributed by atoms with Gasteiger partial charge < -0.3 is 20.4 Å². The van der Waals surface area contributed by atoms with Crippen LogP contribution in [0, 0.1) is 0 Å². The summed E-state index contributed by atoms with van der Waals surface area (Å²) in [6.45, 7) is 0.420. The van der Waals surface area contributed by atoms with Crippen LogP contribution in [-0.2, 0) is 6.54 Å². The Labute approximate surface area is 112 Å². The smallest absolute Gasteiger partial charge is 0.162 e. The monoisotopic (exact) mass is 259 g/mol. The molecule has 0 atom stereocenters. The zero-order valence-electron chi connectivity index (χ0n) is 11.0. The standard InChI is InChI=1S/C14H17N3O2/c1-17(2)13-7-6-11(9-16-13)15-8-10-4-3-5-12(18)14(10)19/h3-7,9,15,18-19H,8H2,1-2H3. The van der Waals surface area contributed by atoms with Crippen LogP contribution in [0.25, 0.3) is 0 Å². The van der Waals surface area contributed by atoms with Gasteiger partial charge in [0.05, 0.1) is 11.9 Å². The summed E-state index contributed by atoms with van der Waals surface area (Å²) in [6, 6.07) is 8.72. The Bertz CT molecular complexity index is 553. The van der Waals surface area contributed by atoms with Crippen molar-refractivity contribution in [1.29, 1.82) is 0 Å². The molecule has 19 heavy (non-hydrogen) atoms. The van der Waals surface area contributed by atoms with Crippen LogP contribution in [0.2, 0.25) is 0 Å². The summed E-state index contributed by atoms with van der Waals surface area (Å²) in [4.78, 5) is 6.20. The van der Waals surface area contributed by atoms with E-state index in [-0.39, 0.29) is 11.5 Å². The molecule has 5 nitrogen and oxygen atoms in total. The van der Waals surface area contributed by atoms with E-state index in [1.165, 1.54) is 6.07 Å². The van der Waals surface area contributed by atoms with Gasteiger partial charge in [0.15, 0.2) is 11.5 Å². The number of phenols is 2. The topological polar surface area (TPSA) is 68.6 Å². The molecular weight excluding hydrogens is 242 g/mol. The molecule has 0 aliphatic rings. The van der Waals surface area contributed by atoms with Gasteiger partial charge >= 0.3 is 0 Å². The SMILES string of the molecule is CN(C)c1ccc(NCc2cccc(O)c2O)cn1. The average Bonchev–Trinajstić information content (AvgIpc) is 2.41. The van der Waals surface area contributed by atoms with Crippen molar-refractivity contribution in [2.45, 2.75) is 6.54 Å². The van der Waals surface area contributed by atoms with E-state index in [4.69, 9.17) is 0 Å². The maximum Gasteiger partial charge on any atom is 0.162 e. The highest BCUT2D eigenvalue weighted by Gasteiger charge is 2.05. The van der Waals surface area contributed by atoms with Gasteiger partial charge in [0.1, 0.15) is 5.82 Å². The second-order valence-corrected chi connectivity index (χ2v) is 4.44. The number of hydrogen-bond donors (Lipinski definition) is 3. The molecule has 0 saturated heterocycles. The van der Waals surface area contributed by atoms with Crippen LogP contribution >= 0.6 is 0 Å². The van der Waals surface area contributed by atoms with Gasteiger partial charge in [0.2, 0.25) is 0 Å². The number of nitrogens with zero attached hydrogens (tertiary/aromatic N) is 2. The van der Waals surface area contributed by atoms with Crippen LogP contribution in [0.5, 0.6) is 11.5 Å². The van der Waals surface area contributed by atoms with E-state index in [0.29, 0.717) is 12.1 Å². The van der Waals surface area contributed by atoms with Gasteiger partial charge in [-0.15, -0.1) is 0 Å². The number of aromatic hydroxyl groups is 2. The fourth-order valence-electron chi connectivity index (χ4n) is 1.67. The van der Waals surface area contributed by atoms with Crippen LogP contribution in [-0.4, -0.2) is 29.3 Å². The fraction of sp³-hybridized carbons (Fsp3) is 0.214. The molecule has 0 aliphatic heterocycles. The molecule has 0 unspecified atom stereocenters. The van der Waals surface area contributed by atoms with Crippen LogP contribution in [0.4, 0.5) is 11.5 Å². The Morgan fingerprint density at radius 2 is 1.95 bits per heavy atom. The lowest BCUT2D eigenvalue weighted by Gasteiger charge is -2.12. The minimum Gasteiger partial charge on any atom is -0.504 e. The Kier molecular flexibility index (Phi) is 3.75. The number of aromatic nitrogens is 1. The van der Waals surface area contributed by atoms with Gasteiger partial charge in [-0.3, -0.25) is 0 Å². The van der Waals surface area contributed by atoms with Crippen molar-refractivity contribution in [1.82, 2.24) is 4.98 Å². The zero-order valence-corrected chi connectivity index (χ0v) is 11.0. The molecule has 0 aliphatic carbocycles. The van der Waals surface area contributed by atoms with E-state index in [0.717, 1.165) is 11.5 Å². The number of benzene rings is 1. The molecule has 0 bridgehead atoms. The number of nitrogens with one attached hydrogen (secondary N) is 1. The second kappa shape index (κ2) is 5.48. The second-order valence-electron chi connectivity index (χ2n) is 4.44. The van der Waals surface area contributed by atoms with E-state index in [2.05, 4.69) is 10.3 Å². The van der Waals surface area contributed by atoms with E-state index in [1.54, 1.807) is 18.3 Å². The molecule has 3 N–H and O–H groups in total. The predicted octanol–water partition coefficient (Wildman–Crippen LogP) is 2.17. The van der Waals surface area contributed by atoms with Crippen molar-refractivity contribution < 1.29 is 10.2 Å². The first-order chi connectivity index (χ1) is 9.08. The lowest BCUT2D eigenvalue weighted by Crippen LogP contribution is -2.10. The van der Waals surface area contributed by atoms with Gasteiger partial charge in [0.25, 0.3) is 0 Å². The summed E-state index contributed by atoms with van der Waals surface area (Å²) in [5.41, 5.74) is 1.49. The molecule has 0 fully saturated rings. The molecule has 0 amide bonds. The zero-order chi connectivity index (χ0) is 13.8. The fourth-order valence-corrected chi connectivity index (χ4v) is 1.67. The molecular formula is C14H17N3O2.